The summed E-state index contributed by atoms with van der Waals surface area (Å²) in [6.45, 7) is 2.71. The van der Waals surface area contributed by atoms with Crippen LogP contribution in [0.2, 0.25) is 0 Å². The fourth-order valence-electron chi connectivity index (χ4n) is 1.73. The van der Waals surface area contributed by atoms with Gasteiger partial charge >= 0.3 is 0 Å². The molecule has 1 heterocycles. The van der Waals surface area contributed by atoms with E-state index < -0.39 is 0 Å². The van der Waals surface area contributed by atoms with Gasteiger partial charge in [0.05, 0.1) is 13.2 Å². The molecule has 0 spiro atoms. The van der Waals surface area contributed by atoms with Crippen molar-refractivity contribution >= 4 is 0 Å². The van der Waals surface area contributed by atoms with E-state index in [-0.39, 0.29) is 19.0 Å². The first-order chi connectivity index (χ1) is 8.36. The standard InChI is InChI=1S/C14H24O3/c1-2-3-4-5-6-7-8-9-10-14-16-12-13(11-15)17-14/h8,10,13-15H,2-7,11-12H2,1H3. The average Bonchev–Trinajstić information content (AvgIpc) is 2.80. The Morgan fingerprint density at radius 2 is 2.12 bits per heavy atom. The Balaban J connectivity index is 2.04. The largest absolute Gasteiger partial charge is 0.394 e. The summed E-state index contributed by atoms with van der Waals surface area (Å²) in [4.78, 5) is 0. The van der Waals surface area contributed by atoms with Gasteiger partial charge in [0, 0.05) is 6.08 Å². The Labute approximate surface area is 104 Å². The van der Waals surface area contributed by atoms with Crippen molar-refractivity contribution in [2.75, 3.05) is 13.2 Å². The predicted octanol–water partition coefficient (Wildman–Crippen LogP) is 2.79. The molecule has 98 valence electrons. The zero-order valence-electron chi connectivity index (χ0n) is 10.7. The van der Waals surface area contributed by atoms with Gasteiger partial charge in [-0.2, -0.15) is 0 Å². The number of rotatable bonds is 8. The molecule has 0 aromatic rings. The first kappa shape index (κ1) is 14.5. The van der Waals surface area contributed by atoms with Gasteiger partial charge in [0.25, 0.3) is 0 Å². The fourth-order valence-corrected chi connectivity index (χ4v) is 1.73. The van der Waals surface area contributed by atoms with Crippen molar-refractivity contribution < 1.29 is 14.6 Å². The normalized spacial score (nSPS) is 23.4. The molecule has 0 radical (unpaired) electrons. The number of unbranched alkanes of at least 4 members (excludes halogenated alkanes) is 5. The van der Waals surface area contributed by atoms with Gasteiger partial charge in [-0.25, -0.2) is 0 Å². The van der Waals surface area contributed by atoms with E-state index in [1.165, 1.54) is 32.1 Å². The summed E-state index contributed by atoms with van der Waals surface area (Å²) in [7, 11) is 0. The average molecular weight is 240 g/mol. The monoisotopic (exact) mass is 240 g/mol. The second-order valence-electron chi connectivity index (χ2n) is 4.38. The highest BCUT2D eigenvalue weighted by molar-refractivity contribution is 4.89. The van der Waals surface area contributed by atoms with Crippen molar-refractivity contribution in [3.8, 4) is 0 Å². The highest BCUT2D eigenvalue weighted by Gasteiger charge is 2.22. The van der Waals surface area contributed by atoms with E-state index in [4.69, 9.17) is 14.6 Å². The van der Waals surface area contributed by atoms with Crippen LogP contribution in [0.15, 0.2) is 17.9 Å². The lowest BCUT2D eigenvalue weighted by molar-refractivity contribution is -0.0297. The predicted molar refractivity (Wildman–Crippen MR) is 67.7 cm³/mol. The third-order valence-corrected chi connectivity index (χ3v) is 2.78. The van der Waals surface area contributed by atoms with Crippen molar-refractivity contribution in [2.45, 2.75) is 57.8 Å². The van der Waals surface area contributed by atoms with Crippen LogP contribution in [0.25, 0.3) is 0 Å². The van der Waals surface area contributed by atoms with Crippen LogP contribution in [0.4, 0.5) is 0 Å². The molecule has 1 rings (SSSR count). The minimum atomic E-state index is -0.330. The Morgan fingerprint density at radius 3 is 2.82 bits per heavy atom. The molecule has 3 heteroatoms. The molecule has 0 bridgehead atoms. The van der Waals surface area contributed by atoms with E-state index in [1.54, 1.807) is 6.08 Å². The quantitative estimate of drug-likeness (QED) is 0.524. The van der Waals surface area contributed by atoms with Gasteiger partial charge in [0.15, 0.2) is 6.29 Å². The zero-order chi connectivity index (χ0) is 12.3. The van der Waals surface area contributed by atoms with Gasteiger partial charge in [-0.15, -0.1) is 5.73 Å². The maximum Gasteiger partial charge on any atom is 0.184 e. The van der Waals surface area contributed by atoms with E-state index in [9.17, 15) is 0 Å². The highest BCUT2D eigenvalue weighted by atomic mass is 16.7. The zero-order valence-corrected chi connectivity index (χ0v) is 10.7. The van der Waals surface area contributed by atoms with Crippen molar-refractivity contribution in [1.29, 1.82) is 0 Å². The fraction of sp³-hybridized carbons (Fsp3) is 0.786. The molecule has 0 aromatic carbocycles. The number of aliphatic hydroxyl groups is 1. The Bertz CT molecular complexity index is 244. The minimum absolute atomic E-state index is 0.0193. The summed E-state index contributed by atoms with van der Waals surface area (Å²) >= 11 is 0. The topological polar surface area (TPSA) is 38.7 Å². The van der Waals surface area contributed by atoms with Crippen LogP contribution < -0.4 is 0 Å². The van der Waals surface area contributed by atoms with Crippen LogP contribution in [0.5, 0.6) is 0 Å². The maximum atomic E-state index is 8.85. The highest BCUT2D eigenvalue weighted by Crippen LogP contribution is 2.11. The van der Waals surface area contributed by atoms with E-state index in [0.717, 1.165) is 6.42 Å². The second kappa shape index (κ2) is 9.43. The summed E-state index contributed by atoms with van der Waals surface area (Å²) in [6, 6.07) is 0. The molecule has 0 aliphatic carbocycles. The van der Waals surface area contributed by atoms with Gasteiger partial charge < -0.3 is 14.6 Å². The Hall–Kier alpha value is -0.600. The molecular weight excluding hydrogens is 216 g/mol. The third-order valence-electron chi connectivity index (χ3n) is 2.78. The molecule has 0 saturated carbocycles. The van der Waals surface area contributed by atoms with E-state index in [2.05, 4.69) is 12.7 Å². The van der Waals surface area contributed by atoms with E-state index >= 15 is 0 Å². The number of hydrogen-bond acceptors (Lipinski definition) is 3. The van der Waals surface area contributed by atoms with Gasteiger partial charge in [-0.1, -0.05) is 32.6 Å². The Morgan fingerprint density at radius 1 is 1.29 bits per heavy atom. The van der Waals surface area contributed by atoms with Crippen molar-refractivity contribution in [1.82, 2.24) is 0 Å². The van der Waals surface area contributed by atoms with Crippen LogP contribution in [-0.2, 0) is 9.47 Å². The first-order valence-electron chi connectivity index (χ1n) is 6.65. The van der Waals surface area contributed by atoms with Crippen LogP contribution in [-0.4, -0.2) is 30.7 Å². The minimum Gasteiger partial charge on any atom is -0.394 e. The molecule has 0 aromatic heterocycles. The molecule has 1 aliphatic heterocycles. The second-order valence-corrected chi connectivity index (χ2v) is 4.38. The van der Waals surface area contributed by atoms with Crippen molar-refractivity contribution in [3.63, 3.8) is 0 Å². The molecular formula is C14H24O3. The lowest BCUT2D eigenvalue weighted by atomic mass is 10.1. The van der Waals surface area contributed by atoms with Crippen LogP contribution in [0.3, 0.4) is 0 Å². The van der Waals surface area contributed by atoms with Gasteiger partial charge in [-0.05, 0) is 18.9 Å². The molecule has 1 aliphatic rings. The first-order valence-corrected chi connectivity index (χ1v) is 6.65. The van der Waals surface area contributed by atoms with Gasteiger partial charge in [-0.3, -0.25) is 0 Å². The van der Waals surface area contributed by atoms with Crippen molar-refractivity contribution in [2.24, 2.45) is 0 Å². The third kappa shape index (κ3) is 6.64. The number of hydrogen-bond donors (Lipinski definition) is 1. The molecule has 1 saturated heterocycles. The summed E-state index contributed by atoms with van der Waals surface area (Å²) in [6.07, 6.45) is 10.9. The molecule has 3 nitrogen and oxygen atoms in total. The van der Waals surface area contributed by atoms with Gasteiger partial charge in [0.2, 0.25) is 0 Å². The smallest absolute Gasteiger partial charge is 0.184 e. The summed E-state index contributed by atoms with van der Waals surface area (Å²) in [5, 5.41) is 8.85. The van der Waals surface area contributed by atoms with E-state index in [0.29, 0.717) is 6.61 Å². The molecule has 1 fully saturated rings. The molecule has 2 atom stereocenters. The van der Waals surface area contributed by atoms with Crippen molar-refractivity contribution in [3.05, 3.63) is 17.9 Å². The maximum absolute atomic E-state index is 8.85. The molecule has 0 amide bonds. The van der Waals surface area contributed by atoms with Crippen LogP contribution >= 0.6 is 0 Å². The molecule has 17 heavy (non-hydrogen) atoms. The summed E-state index contributed by atoms with van der Waals surface area (Å²) in [5.41, 5.74) is 3.08. The lowest BCUT2D eigenvalue weighted by Crippen LogP contribution is -2.15. The van der Waals surface area contributed by atoms with Gasteiger partial charge in [0.1, 0.15) is 6.10 Å². The SMILES string of the molecule is CCCCCCCC=C=CC1OCC(CO)O1. The summed E-state index contributed by atoms with van der Waals surface area (Å²) < 4.78 is 10.7. The number of ether oxygens (including phenoxy) is 2. The number of aliphatic hydroxyl groups excluding tert-OH is 1. The van der Waals surface area contributed by atoms with E-state index in [1.807, 2.05) is 6.08 Å². The van der Waals surface area contributed by atoms with Crippen LogP contribution in [0.1, 0.15) is 45.4 Å². The Kier molecular flexibility index (Phi) is 8.02. The molecule has 2 unspecified atom stereocenters. The van der Waals surface area contributed by atoms with Crippen LogP contribution in [0, 0.1) is 0 Å². The lowest BCUT2D eigenvalue weighted by Gasteiger charge is -2.02. The summed E-state index contributed by atoms with van der Waals surface area (Å²) in [5.74, 6) is 0. The molecule has 1 N–H and O–H groups in total.